The molecule has 0 aliphatic carbocycles. The van der Waals surface area contributed by atoms with Crippen LogP contribution < -0.4 is 4.74 Å². The molecular formula is C16H17FN2O2. The van der Waals surface area contributed by atoms with Gasteiger partial charge >= 0.3 is 0 Å². The lowest BCUT2D eigenvalue weighted by Crippen LogP contribution is -2.26. The Morgan fingerprint density at radius 1 is 1.33 bits per heavy atom. The minimum atomic E-state index is -0.452. The number of carbonyl (C=O) groups is 1. The number of ketones is 1. The van der Waals surface area contributed by atoms with Crippen molar-refractivity contribution in [3.05, 3.63) is 59.7 Å². The molecule has 0 amide bonds. The summed E-state index contributed by atoms with van der Waals surface area (Å²) >= 11 is 0. The van der Waals surface area contributed by atoms with Gasteiger partial charge in [-0.2, -0.15) is 0 Å². The Labute approximate surface area is 123 Å². The molecule has 5 heteroatoms. The normalized spacial score (nSPS) is 10.7. The van der Waals surface area contributed by atoms with Crippen molar-refractivity contribution in [2.45, 2.75) is 6.54 Å². The average Bonchev–Trinajstić information content (AvgIpc) is 2.48. The second-order valence-electron chi connectivity index (χ2n) is 4.76. The topological polar surface area (TPSA) is 42.4 Å². The maximum Gasteiger partial charge on any atom is 0.180 e. The van der Waals surface area contributed by atoms with E-state index in [0.717, 1.165) is 5.69 Å². The lowest BCUT2D eigenvalue weighted by Gasteiger charge is -2.16. The summed E-state index contributed by atoms with van der Waals surface area (Å²) in [5.74, 6) is -0.260. The van der Waals surface area contributed by atoms with E-state index in [4.69, 9.17) is 4.74 Å². The molecule has 2 rings (SSSR count). The largest absolute Gasteiger partial charge is 0.496 e. The summed E-state index contributed by atoms with van der Waals surface area (Å²) < 4.78 is 18.4. The van der Waals surface area contributed by atoms with Crippen LogP contribution in [0, 0.1) is 5.82 Å². The summed E-state index contributed by atoms with van der Waals surface area (Å²) in [6, 6.07) is 9.56. The number of likely N-dealkylation sites (N-methyl/N-ethyl adjacent to an activating group) is 1. The predicted octanol–water partition coefficient (Wildman–Crippen LogP) is 2.54. The third-order valence-electron chi connectivity index (χ3n) is 3.03. The highest BCUT2D eigenvalue weighted by atomic mass is 19.1. The van der Waals surface area contributed by atoms with Crippen LogP contribution in [-0.2, 0) is 6.54 Å². The van der Waals surface area contributed by atoms with E-state index in [2.05, 4.69) is 4.98 Å². The quantitative estimate of drug-likeness (QED) is 0.766. The maximum atomic E-state index is 13.3. The molecular weight excluding hydrogens is 271 g/mol. The molecule has 110 valence electrons. The first-order valence-electron chi connectivity index (χ1n) is 6.55. The van der Waals surface area contributed by atoms with Crippen LogP contribution in [0.25, 0.3) is 0 Å². The first-order valence-corrected chi connectivity index (χ1v) is 6.55. The van der Waals surface area contributed by atoms with E-state index in [-0.39, 0.29) is 17.9 Å². The molecule has 0 N–H and O–H groups in total. The minimum Gasteiger partial charge on any atom is -0.496 e. The predicted molar refractivity (Wildman–Crippen MR) is 77.9 cm³/mol. The molecule has 0 spiro atoms. The number of ether oxygens (including phenoxy) is 1. The molecule has 0 radical (unpaired) electrons. The van der Waals surface area contributed by atoms with E-state index < -0.39 is 5.82 Å². The Morgan fingerprint density at radius 3 is 2.81 bits per heavy atom. The Kier molecular flexibility index (Phi) is 5.00. The van der Waals surface area contributed by atoms with E-state index >= 15 is 0 Å². The second-order valence-corrected chi connectivity index (χ2v) is 4.76. The highest BCUT2D eigenvalue weighted by Crippen LogP contribution is 2.20. The van der Waals surface area contributed by atoms with Crippen LogP contribution >= 0.6 is 0 Å². The average molecular weight is 288 g/mol. The van der Waals surface area contributed by atoms with E-state index in [1.807, 2.05) is 30.1 Å². The van der Waals surface area contributed by atoms with Crippen molar-refractivity contribution >= 4 is 5.78 Å². The molecule has 4 nitrogen and oxygen atoms in total. The zero-order chi connectivity index (χ0) is 15.2. The molecule has 0 saturated heterocycles. The van der Waals surface area contributed by atoms with Gasteiger partial charge < -0.3 is 4.74 Å². The van der Waals surface area contributed by atoms with Gasteiger partial charge in [-0.15, -0.1) is 0 Å². The highest BCUT2D eigenvalue weighted by Gasteiger charge is 2.15. The molecule has 2 aromatic rings. The number of Topliss-reactive ketones (excluding diaryl/α,β-unsaturated/α-hetero) is 1. The van der Waals surface area contributed by atoms with E-state index in [0.29, 0.717) is 12.3 Å². The van der Waals surface area contributed by atoms with Crippen LogP contribution in [0.1, 0.15) is 16.1 Å². The molecule has 1 heterocycles. The molecule has 0 fully saturated rings. The fourth-order valence-corrected chi connectivity index (χ4v) is 2.05. The number of hydrogen-bond acceptors (Lipinski definition) is 4. The van der Waals surface area contributed by atoms with Crippen LogP contribution in [0.2, 0.25) is 0 Å². The van der Waals surface area contributed by atoms with Crippen molar-refractivity contribution in [3.63, 3.8) is 0 Å². The van der Waals surface area contributed by atoms with Crippen LogP contribution in [0.4, 0.5) is 4.39 Å². The fraction of sp³-hybridized carbons (Fsp3) is 0.250. The number of nitrogens with zero attached hydrogens (tertiary/aromatic N) is 2. The van der Waals surface area contributed by atoms with Crippen molar-refractivity contribution in [2.75, 3.05) is 20.7 Å². The van der Waals surface area contributed by atoms with Gasteiger partial charge in [-0.3, -0.25) is 14.7 Å². The SMILES string of the molecule is COc1ccc(F)cc1C(=O)CN(C)Cc1ccccn1. The molecule has 0 saturated carbocycles. The molecule has 1 aromatic carbocycles. The van der Waals surface area contributed by atoms with Crippen molar-refractivity contribution in [2.24, 2.45) is 0 Å². The third kappa shape index (κ3) is 4.10. The molecule has 0 unspecified atom stereocenters. The van der Waals surface area contributed by atoms with Crippen LogP contribution in [-0.4, -0.2) is 36.4 Å². The summed E-state index contributed by atoms with van der Waals surface area (Å²) in [4.78, 5) is 18.3. The lowest BCUT2D eigenvalue weighted by atomic mass is 10.1. The number of benzene rings is 1. The molecule has 0 aliphatic rings. The second kappa shape index (κ2) is 6.95. The summed E-state index contributed by atoms with van der Waals surface area (Å²) in [5.41, 5.74) is 1.13. The van der Waals surface area contributed by atoms with Gasteiger partial charge in [-0.1, -0.05) is 6.07 Å². The van der Waals surface area contributed by atoms with Gasteiger partial charge in [0.15, 0.2) is 5.78 Å². The van der Waals surface area contributed by atoms with E-state index in [9.17, 15) is 9.18 Å². The van der Waals surface area contributed by atoms with Crippen LogP contribution in [0.5, 0.6) is 5.75 Å². The minimum absolute atomic E-state index is 0.163. The first kappa shape index (κ1) is 15.1. The standard InChI is InChI=1S/C16H17FN2O2/c1-19(10-13-5-3-4-8-18-13)11-15(20)14-9-12(17)6-7-16(14)21-2/h3-9H,10-11H2,1-2H3. The van der Waals surface area contributed by atoms with Gasteiger partial charge in [0.1, 0.15) is 11.6 Å². The number of hydrogen-bond donors (Lipinski definition) is 0. The monoisotopic (exact) mass is 288 g/mol. The van der Waals surface area contributed by atoms with Gasteiger partial charge in [-0.25, -0.2) is 4.39 Å². The Bertz CT molecular complexity index is 617. The Hall–Kier alpha value is -2.27. The first-order chi connectivity index (χ1) is 10.1. The van der Waals surface area contributed by atoms with Crippen LogP contribution in [0.3, 0.4) is 0 Å². The van der Waals surface area contributed by atoms with Crippen molar-refractivity contribution in [1.29, 1.82) is 0 Å². The number of aromatic nitrogens is 1. The van der Waals surface area contributed by atoms with Gasteiger partial charge in [0.05, 0.1) is 24.9 Å². The smallest absolute Gasteiger partial charge is 0.180 e. The van der Waals surface area contributed by atoms with Gasteiger partial charge in [0, 0.05) is 12.7 Å². The van der Waals surface area contributed by atoms with Gasteiger partial charge in [0.2, 0.25) is 0 Å². The third-order valence-corrected chi connectivity index (χ3v) is 3.03. The Morgan fingerprint density at radius 2 is 2.14 bits per heavy atom. The van der Waals surface area contributed by atoms with Gasteiger partial charge in [0.25, 0.3) is 0 Å². The number of pyridine rings is 1. The van der Waals surface area contributed by atoms with Crippen molar-refractivity contribution < 1.29 is 13.9 Å². The highest BCUT2D eigenvalue weighted by molar-refractivity contribution is 6.00. The van der Waals surface area contributed by atoms with E-state index in [1.165, 1.54) is 25.3 Å². The van der Waals surface area contributed by atoms with E-state index in [1.54, 1.807) is 6.20 Å². The number of halogens is 1. The fourth-order valence-electron chi connectivity index (χ4n) is 2.05. The summed E-state index contributed by atoms with van der Waals surface area (Å²) in [7, 11) is 3.28. The number of methoxy groups -OCH3 is 1. The Balaban J connectivity index is 2.06. The molecule has 0 bridgehead atoms. The molecule has 0 atom stereocenters. The van der Waals surface area contributed by atoms with Crippen LogP contribution in [0.15, 0.2) is 42.6 Å². The molecule has 21 heavy (non-hydrogen) atoms. The zero-order valence-electron chi connectivity index (χ0n) is 12.0. The van der Waals surface area contributed by atoms with Gasteiger partial charge in [-0.05, 0) is 37.4 Å². The summed E-state index contributed by atoms with van der Waals surface area (Å²) in [6.07, 6.45) is 1.71. The van der Waals surface area contributed by atoms with Crippen molar-refractivity contribution in [3.8, 4) is 5.75 Å². The maximum absolute atomic E-state index is 13.3. The van der Waals surface area contributed by atoms with Crippen molar-refractivity contribution in [1.82, 2.24) is 9.88 Å². The molecule has 1 aromatic heterocycles. The lowest BCUT2D eigenvalue weighted by molar-refractivity contribution is 0.0939. The zero-order valence-corrected chi connectivity index (χ0v) is 12.0. The number of carbonyl (C=O) groups excluding carboxylic acids is 1. The molecule has 0 aliphatic heterocycles. The summed E-state index contributed by atoms with van der Waals surface area (Å²) in [5, 5.41) is 0. The summed E-state index contributed by atoms with van der Waals surface area (Å²) in [6.45, 7) is 0.709. The number of rotatable bonds is 6.